The van der Waals surface area contributed by atoms with Gasteiger partial charge in [0.25, 0.3) is 0 Å². The maximum atomic E-state index is 9.45. The first-order chi connectivity index (χ1) is 19.8. The standard InChI is InChI=1S/C36H21N3O/c37-22-23-14-19-32-31(20-23)38-36(25-8-2-1-3-9-25)39(32)27-17-15-24(16-18-27)34-28-11-5-4-10-26(28)21-30-29-12-6-7-13-33(29)40-35(30)34/h1-21H. The molecule has 0 N–H and O–H groups in total. The topological polar surface area (TPSA) is 54.8 Å². The molecular formula is C36H21N3O. The molecule has 0 amide bonds. The summed E-state index contributed by atoms with van der Waals surface area (Å²) in [5.41, 5.74) is 8.31. The monoisotopic (exact) mass is 511 g/mol. The van der Waals surface area contributed by atoms with Crippen LogP contribution in [0.1, 0.15) is 5.56 Å². The fourth-order valence-corrected chi connectivity index (χ4v) is 5.78. The van der Waals surface area contributed by atoms with Crippen molar-refractivity contribution in [2.24, 2.45) is 0 Å². The first-order valence-corrected chi connectivity index (χ1v) is 13.2. The van der Waals surface area contributed by atoms with E-state index in [0.717, 1.165) is 66.6 Å². The number of hydrogen-bond acceptors (Lipinski definition) is 3. The Balaban J connectivity index is 1.36. The molecule has 0 aliphatic rings. The minimum atomic E-state index is 0.595. The largest absolute Gasteiger partial charge is 0.455 e. The fourth-order valence-electron chi connectivity index (χ4n) is 5.78. The highest BCUT2D eigenvalue weighted by atomic mass is 16.3. The van der Waals surface area contributed by atoms with Crippen LogP contribution in [0.15, 0.2) is 132 Å². The summed E-state index contributed by atoms with van der Waals surface area (Å²) in [5, 5.41) is 14.0. The van der Waals surface area contributed by atoms with Crippen LogP contribution in [0, 0.1) is 11.3 Å². The predicted molar refractivity (Wildman–Crippen MR) is 161 cm³/mol. The summed E-state index contributed by atoms with van der Waals surface area (Å²) in [6.07, 6.45) is 0. The van der Waals surface area contributed by atoms with Gasteiger partial charge in [-0.1, -0.05) is 84.9 Å². The molecular weight excluding hydrogens is 490 g/mol. The molecule has 186 valence electrons. The number of nitrogens with zero attached hydrogens (tertiary/aromatic N) is 3. The van der Waals surface area contributed by atoms with Crippen LogP contribution < -0.4 is 0 Å². The number of aromatic nitrogens is 2. The van der Waals surface area contributed by atoms with E-state index in [9.17, 15) is 5.26 Å². The summed E-state index contributed by atoms with van der Waals surface area (Å²) in [6, 6.07) is 45.6. The Kier molecular flexibility index (Phi) is 4.85. The van der Waals surface area contributed by atoms with E-state index in [4.69, 9.17) is 9.40 Å². The smallest absolute Gasteiger partial charge is 0.145 e. The molecule has 8 aromatic rings. The first-order valence-electron chi connectivity index (χ1n) is 13.2. The zero-order valence-electron chi connectivity index (χ0n) is 21.4. The molecule has 6 aromatic carbocycles. The highest BCUT2D eigenvalue weighted by Crippen LogP contribution is 2.41. The maximum absolute atomic E-state index is 9.45. The molecule has 4 heteroatoms. The van der Waals surface area contributed by atoms with Crippen molar-refractivity contribution in [2.45, 2.75) is 0 Å². The zero-order valence-corrected chi connectivity index (χ0v) is 21.4. The van der Waals surface area contributed by atoms with E-state index in [1.54, 1.807) is 0 Å². The predicted octanol–water partition coefficient (Wildman–Crippen LogP) is 9.28. The van der Waals surface area contributed by atoms with Crippen molar-refractivity contribution < 1.29 is 4.42 Å². The Morgan fingerprint density at radius 2 is 1.40 bits per heavy atom. The second-order valence-electron chi connectivity index (χ2n) is 9.95. The molecule has 0 bridgehead atoms. The van der Waals surface area contributed by atoms with Gasteiger partial charge in [-0.15, -0.1) is 0 Å². The minimum absolute atomic E-state index is 0.595. The number of fused-ring (bicyclic) bond motifs is 5. The van der Waals surface area contributed by atoms with Crippen molar-refractivity contribution in [3.63, 3.8) is 0 Å². The SMILES string of the molecule is N#Cc1ccc2c(c1)nc(-c1ccccc1)n2-c1ccc(-c2c3ccccc3cc3c2oc2ccccc23)cc1. The molecule has 0 spiro atoms. The number of para-hydroxylation sites is 1. The number of furan rings is 1. The molecule has 0 aliphatic heterocycles. The Morgan fingerprint density at radius 3 is 2.23 bits per heavy atom. The molecule has 2 aromatic heterocycles. The lowest BCUT2D eigenvalue weighted by Gasteiger charge is -2.12. The summed E-state index contributed by atoms with van der Waals surface area (Å²) in [5.74, 6) is 0.836. The average Bonchev–Trinajstić information content (AvgIpc) is 3.58. The van der Waals surface area contributed by atoms with Gasteiger partial charge in [-0.3, -0.25) is 4.57 Å². The normalized spacial score (nSPS) is 11.5. The molecule has 0 aliphatic carbocycles. The van der Waals surface area contributed by atoms with Gasteiger partial charge in [0.15, 0.2) is 0 Å². The number of benzene rings is 6. The van der Waals surface area contributed by atoms with Gasteiger partial charge < -0.3 is 4.42 Å². The van der Waals surface area contributed by atoms with Gasteiger partial charge in [0.05, 0.1) is 22.7 Å². The van der Waals surface area contributed by atoms with Gasteiger partial charge in [0.1, 0.15) is 17.0 Å². The van der Waals surface area contributed by atoms with Crippen LogP contribution in [0.3, 0.4) is 0 Å². The first kappa shape index (κ1) is 22.3. The molecule has 2 heterocycles. The van der Waals surface area contributed by atoms with E-state index in [-0.39, 0.29) is 0 Å². The second-order valence-corrected chi connectivity index (χ2v) is 9.95. The third kappa shape index (κ3) is 3.35. The quantitative estimate of drug-likeness (QED) is 0.237. The van der Waals surface area contributed by atoms with E-state index in [2.05, 4.69) is 89.5 Å². The van der Waals surface area contributed by atoms with Crippen LogP contribution in [-0.4, -0.2) is 9.55 Å². The minimum Gasteiger partial charge on any atom is -0.455 e. The molecule has 4 nitrogen and oxygen atoms in total. The van der Waals surface area contributed by atoms with E-state index < -0.39 is 0 Å². The number of imidazole rings is 1. The van der Waals surface area contributed by atoms with Gasteiger partial charge in [-0.2, -0.15) is 5.26 Å². The maximum Gasteiger partial charge on any atom is 0.145 e. The van der Waals surface area contributed by atoms with Gasteiger partial charge >= 0.3 is 0 Å². The van der Waals surface area contributed by atoms with Gasteiger partial charge in [0.2, 0.25) is 0 Å². The lowest BCUT2D eigenvalue weighted by atomic mass is 9.95. The number of rotatable bonds is 3. The molecule has 8 rings (SSSR count). The molecule has 0 fully saturated rings. The van der Waals surface area contributed by atoms with E-state index in [0.29, 0.717) is 5.56 Å². The van der Waals surface area contributed by atoms with Crippen LogP contribution in [0.4, 0.5) is 0 Å². The molecule has 0 atom stereocenters. The summed E-state index contributed by atoms with van der Waals surface area (Å²) in [6.45, 7) is 0. The third-order valence-corrected chi connectivity index (χ3v) is 7.62. The Hall–Kier alpha value is -5.66. The summed E-state index contributed by atoms with van der Waals surface area (Å²) in [7, 11) is 0. The van der Waals surface area contributed by atoms with E-state index in [1.807, 2.05) is 48.5 Å². The van der Waals surface area contributed by atoms with Crippen LogP contribution >= 0.6 is 0 Å². The third-order valence-electron chi connectivity index (χ3n) is 7.62. The molecule has 0 radical (unpaired) electrons. The van der Waals surface area contributed by atoms with Gasteiger partial charge in [-0.05, 0) is 58.8 Å². The highest BCUT2D eigenvalue weighted by Gasteiger charge is 2.18. The average molecular weight is 512 g/mol. The summed E-state index contributed by atoms with van der Waals surface area (Å²) < 4.78 is 8.63. The molecule has 40 heavy (non-hydrogen) atoms. The number of nitriles is 1. The molecule has 0 saturated heterocycles. The lowest BCUT2D eigenvalue weighted by molar-refractivity contribution is 0.670. The van der Waals surface area contributed by atoms with Crippen LogP contribution in [0.25, 0.3) is 71.9 Å². The summed E-state index contributed by atoms with van der Waals surface area (Å²) in [4.78, 5) is 4.95. The fraction of sp³-hybridized carbons (Fsp3) is 0. The van der Waals surface area contributed by atoms with Crippen LogP contribution in [0.2, 0.25) is 0 Å². The second kappa shape index (κ2) is 8.69. The lowest BCUT2D eigenvalue weighted by Crippen LogP contribution is -1.97. The van der Waals surface area contributed by atoms with Crippen molar-refractivity contribution in [1.29, 1.82) is 5.26 Å². The van der Waals surface area contributed by atoms with E-state index >= 15 is 0 Å². The molecule has 0 unspecified atom stereocenters. The highest BCUT2D eigenvalue weighted by molar-refractivity contribution is 6.18. The van der Waals surface area contributed by atoms with Crippen LogP contribution in [0.5, 0.6) is 0 Å². The van der Waals surface area contributed by atoms with Crippen molar-refractivity contribution in [3.8, 4) is 34.3 Å². The Bertz CT molecular complexity index is 2270. The van der Waals surface area contributed by atoms with Crippen molar-refractivity contribution in [1.82, 2.24) is 9.55 Å². The van der Waals surface area contributed by atoms with Crippen molar-refractivity contribution >= 4 is 43.7 Å². The van der Waals surface area contributed by atoms with Gasteiger partial charge in [-0.25, -0.2) is 4.98 Å². The zero-order chi connectivity index (χ0) is 26.6. The van der Waals surface area contributed by atoms with Crippen molar-refractivity contribution in [3.05, 3.63) is 133 Å². The van der Waals surface area contributed by atoms with Gasteiger partial charge in [0, 0.05) is 27.6 Å². The summed E-state index contributed by atoms with van der Waals surface area (Å²) >= 11 is 0. The Labute approximate surface area is 230 Å². The molecule has 0 saturated carbocycles. The Morgan fingerprint density at radius 1 is 0.650 bits per heavy atom. The van der Waals surface area contributed by atoms with Crippen LogP contribution in [-0.2, 0) is 0 Å². The van der Waals surface area contributed by atoms with E-state index in [1.165, 1.54) is 5.39 Å². The number of hydrogen-bond donors (Lipinski definition) is 0. The van der Waals surface area contributed by atoms with Crippen molar-refractivity contribution in [2.75, 3.05) is 0 Å².